The summed E-state index contributed by atoms with van der Waals surface area (Å²) in [5.41, 5.74) is -2.51. The number of amides is 1. The summed E-state index contributed by atoms with van der Waals surface area (Å²) in [6, 6.07) is 4.05. The zero-order valence-corrected chi connectivity index (χ0v) is 14.8. The molecular weight excluding hydrogens is 402 g/mol. The van der Waals surface area contributed by atoms with Gasteiger partial charge in [-0.05, 0) is 42.7 Å². The molecule has 0 saturated carbocycles. The molecule has 2 atom stereocenters. The van der Waals surface area contributed by atoms with Crippen molar-refractivity contribution >= 4 is 5.91 Å². The van der Waals surface area contributed by atoms with E-state index >= 15 is 0 Å². The number of rotatable bonds is 4. The van der Waals surface area contributed by atoms with Gasteiger partial charge in [-0.3, -0.25) is 9.78 Å². The van der Waals surface area contributed by atoms with E-state index in [0.717, 1.165) is 42.6 Å². The first-order chi connectivity index (χ1) is 13.6. The maximum atomic E-state index is 13.5. The topological polar surface area (TPSA) is 51.2 Å². The summed E-state index contributed by atoms with van der Waals surface area (Å²) < 4.78 is 84.1. The Balaban J connectivity index is 2.02. The normalized spacial score (nSPS) is 18.5. The molecule has 1 N–H and O–H groups in total. The van der Waals surface area contributed by atoms with Crippen LogP contribution in [0.4, 0.5) is 26.3 Å². The second kappa shape index (κ2) is 8.02. The van der Waals surface area contributed by atoms with Crippen molar-refractivity contribution < 1.29 is 35.9 Å². The molecule has 1 aliphatic rings. The molecule has 1 aromatic heterocycles. The van der Waals surface area contributed by atoms with Crippen molar-refractivity contribution in [2.75, 3.05) is 6.61 Å². The highest BCUT2D eigenvalue weighted by atomic mass is 19.4. The van der Waals surface area contributed by atoms with Gasteiger partial charge in [-0.2, -0.15) is 26.3 Å². The molecule has 1 unspecified atom stereocenters. The number of pyridine rings is 1. The average molecular weight is 418 g/mol. The van der Waals surface area contributed by atoms with Gasteiger partial charge in [-0.25, -0.2) is 0 Å². The first-order valence-corrected chi connectivity index (χ1v) is 8.68. The fourth-order valence-corrected chi connectivity index (χ4v) is 3.08. The molecule has 3 rings (SSSR count). The minimum Gasteiger partial charge on any atom is -0.368 e. The molecule has 1 saturated heterocycles. The van der Waals surface area contributed by atoms with E-state index in [1.807, 2.05) is 0 Å². The van der Waals surface area contributed by atoms with Crippen molar-refractivity contribution in [3.05, 3.63) is 65.0 Å². The molecule has 1 aromatic carbocycles. The maximum absolute atomic E-state index is 13.5. The van der Waals surface area contributed by atoms with Crippen LogP contribution in [0.15, 0.2) is 42.6 Å². The number of hydrogen-bond donors (Lipinski definition) is 1. The summed E-state index contributed by atoms with van der Waals surface area (Å²) in [6.07, 6.45) is -8.04. The molecule has 156 valence electrons. The third-order valence-electron chi connectivity index (χ3n) is 4.50. The molecule has 1 fully saturated rings. The largest absolute Gasteiger partial charge is 0.418 e. The van der Waals surface area contributed by atoms with Crippen LogP contribution in [0.2, 0.25) is 0 Å². The van der Waals surface area contributed by atoms with Gasteiger partial charge in [-0.1, -0.05) is 12.1 Å². The first kappa shape index (κ1) is 21.1. The van der Waals surface area contributed by atoms with Crippen molar-refractivity contribution in [3.8, 4) is 0 Å². The molecule has 0 radical (unpaired) electrons. The Bertz CT molecular complexity index is 858. The third kappa shape index (κ3) is 4.87. The number of carbonyl (C=O) groups is 1. The van der Waals surface area contributed by atoms with Gasteiger partial charge >= 0.3 is 12.4 Å². The van der Waals surface area contributed by atoms with Gasteiger partial charge in [0.25, 0.3) is 0 Å². The van der Waals surface area contributed by atoms with Gasteiger partial charge in [-0.15, -0.1) is 0 Å². The summed E-state index contributed by atoms with van der Waals surface area (Å²) in [5.74, 6) is -0.647. The predicted molar refractivity (Wildman–Crippen MR) is 89.6 cm³/mol. The van der Waals surface area contributed by atoms with Crippen molar-refractivity contribution in [1.29, 1.82) is 0 Å². The monoisotopic (exact) mass is 418 g/mol. The standard InChI is InChI=1S/C19H16F6N2O2/c20-18(21,22)12-7-5-11(6-8-12)15(27-17(28)14-4-2-10-29-14)16-13(19(23,24)25)3-1-9-26-16/h1,3,5-9,14-15H,2,4,10H2,(H,27,28)/t14?,15-/m0/s1. The second-order valence-corrected chi connectivity index (χ2v) is 6.50. The smallest absolute Gasteiger partial charge is 0.368 e. The van der Waals surface area contributed by atoms with Crippen LogP contribution in [0, 0.1) is 0 Å². The lowest BCUT2D eigenvalue weighted by molar-refractivity contribution is -0.139. The molecule has 1 amide bonds. The highest BCUT2D eigenvalue weighted by Gasteiger charge is 2.38. The number of benzene rings is 1. The lowest BCUT2D eigenvalue weighted by Gasteiger charge is -2.24. The molecule has 29 heavy (non-hydrogen) atoms. The number of ether oxygens (including phenoxy) is 1. The number of nitrogens with zero attached hydrogens (tertiary/aromatic N) is 1. The Morgan fingerprint density at radius 3 is 2.31 bits per heavy atom. The number of aromatic nitrogens is 1. The van der Waals surface area contributed by atoms with Crippen molar-refractivity contribution in [3.63, 3.8) is 0 Å². The van der Waals surface area contributed by atoms with Gasteiger partial charge in [0.15, 0.2) is 0 Å². The van der Waals surface area contributed by atoms with Crippen molar-refractivity contribution in [2.24, 2.45) is 0 Å². The minimum absolute atomic E-state index is 0.0357. The van der Waals surface area contributed by atoms with Crippen LogP contribution < -0.4 is 5.32 Å². The van der Waals surface area contributed by atoms with Crippen LogP contribution >= 0.6 is 0 Å². The number of halogens is 6. The average Bonchev–Trinajstić information content (AvgIpc) is 3.20. The summed E-state index contributed by atoms with van der Waals surface area (Å²) in [4.78, 5) is 16.2. The van der Waals surface area contributed by atoms with E-state index in [2.05, 4.69) is 10.3 Å². The highest BCUT2D eigenvalue weighted by molar-refractivity contribution is 5.81. The van der Waals surface area contributed by atoms with Gasteiger partial charge in [0, 0.05) is 12.8 Å². The van der Waals surface area contributed by atoms with E-state index in [0.29, 0.717) is 19.4 Å². The lowest BCUT2D eigenvalue weighted by Crippen LogP contribution is -2.38. The predicted octanol–water partition coefficient (Wildman–Crippen LogP) is 4.50. The zero-order chi connectivity index (χ0) is 21.2. The molecule has 2 aromatic rings. The van der Waals surface area contributed by atoms with E-state index in [1.165, 1.54) is 0 Å². The molecule has 10 heteroatoms. The van der Waals surface area contributed by atoms with Gasteiger partial charge < -0.3 is 10.1 Å². The Morgan fingerprint density at radius 2 is 1.76 bits per heavy atom. The second-order valence-electron chi connectivity index (χ2n) is 6.50. The summed E-state index contributed by atoms with van der Waals surface area (Å²) >= 11 is 0. The molecule has 4 nitrogen and oxygen atoms in total. The Morgan fingerprint density at radius 1 is 1.07 bits per heavy atom. The van der Waals surface area contributed by atoms with E-state index in [-0.39, 0.29) is 5.56 Å². The molecular formula is C19H16F6N2O2. The number of hydrogen-bond acceptors (Lipinski definition) is 3. The van der Waals surface area contributed by atoms with Crippen molar-refractivity contribution in [2.45, 2.75) is 37.3 Å². The van der Waals surface area contributed by atoms with Crippen LogP contribution in [-0.4, -0.2) is 23.6 Å². The molecule has 0 bridgehead atoms. The highest BCUT2D eigenvalue weighted by Crippen LogP contribution is 2.36. The lowest BCUT2D eigenvalue weighted by atomic mass is 9.97. The van der Waals surface area contributed by atoms with Crippen LogP contribution in [0.1, 0.15) is 41.3 Å². The zero-order valence-electron chi connectivity index (χ0n) is 14.8. The maximum Gasteiger partial charge on any atom is 0.418 e. The van der Waals surface area contributed by atoms with E-state index in [4.69, 9.17) is 4.74 Å². The van der Waals surface area contributed by atoms with Gasteiger partial charge in [0.1, 0.15) is 6.10 Å². The van der Waals surface area contributed by atoms with E-state index < -0.39 is 47.2 Å². The third-order valence-corrected chi connectivity index (χ3v) is 4.50. The van der Waals surface area contributed by atoms with Crippen LogP contribution in [0.3, 0.4) is 0 Å². The minimum atomic E-state index is -4.76. The van der Waals surface area contributed by atoms with Crippen LogP contribution in [0.25, 0.3) is 0 Å². The SMILES string of the molecule is O=C(N[C@@H](c1ccc(C(F)(F)F)cc1)c1ncccc1C(F)(F)F)C1CCCO1. The van der Waals surface area contributed by atoms with E-state index in [9.17, 15) is 31.1 Å². The Labute approximate surface area is 161 Å². The molecule has 2 heterocycles. The molecule has 0 aliphatic carbocycles. The van der Waals surface area contributed by atoms with Crippen LogP contribution in [0.5, 0.6) is 0 Å². The first-order valence-electron chi connectivity index (χ1n) is 8.68. The number of carbonyl (C=O) groups excluding carboxylic acids is 1. The number of nitrogens with one attached hydrogen (secondary N) is 1. The van der Waals surface area contributed by atoms with Gasteiger partial charge in [0.2, 0.25) is 5.91 Å². The molecule has 0 spiro atoms. The fraction of sp³-hybridized carbons (Fsp3) is 0.368. The molecule has 1 aliphatic heterocycles. The Kier molecular flexibility index (Phi) is 5.83. The summed E-state index contributed by atoms with van der Waals surface area (Å²) in [5, 5.41) is 2.45. The number of alkyl halides is 6. The quantitative estimate of drug-likeness (QED) is 0.744. The fourth-order valence-electron chi connectivity index (χ4n) is 3.08. The Hall–Kier alpha value is -2.62. The van der Waals surface area contributed by atoms with E-state index in [1.54, 1.807) is 0 Å². The van der Waals surface area contributed by atoms with Gasteiger partial charge in [0.05, 0.1) is 22.9 Å². The summed E-state index contributed by atoms with van der Waals surface area (Å²) in [6.45, 7) is 0.348. The van der Waals surface area contributed by atoms with Crippen LogP contribution in [-0.2, 0) is 21.9 Å². The summed E-state index contributed by atoms with van der Waals surface area (Å²) in [7, 11) is 0. The van der Waals surface area contributed by atoms with Crippen molar-refractivity contribution in [1.82, 2.24) is 10.3 Å².